The highest BCUT2D eigenvalue weighted by atomic mass is 16.3. The van der Waals surface area contributed by atoms with E-state index in [0.717, 1.165) is 35.4 Å². The van der Waals surface area contributed by atoms with E-state index in [1.165, 1.54) is 19.3 Å². The fourth-order valence-corrected chi connectivity index (χ4v) is 3.43. The molecule has 1 saturated carbocycles. The summed E-state index contributed by atoms with van der Waals surface area (Å²) >= 11 is 0. The van der Waals surface area contributed by atoms with Crippen LogP contribution in [-0.4, -0.2) is 15.1 Å². The molecule has 1 aliphatic carbocycles. The SMILES string of the molecule is CCC1CCCC(C(O)c2ccc3nccnc3c2)C1. The quantitative estimate of drug-likeness (QED) is 0.920. The van der Waals surface area contributed by atoms with Gasteiger partial charge in [-0.2, -0.15) is 0 Å². The van der Waals surface area contributed by atoms with Crippen LogP contribution in [0.4, 0.5) is 0 Å². The van der Waals surface area contributed by atoms with Crippen molar-refractivity contribution in [2.45, 2.75) is 45.1 Å². The molecule has 0 aliphatic heterocycles. The molecule has 20 heavy (non-hydrogen) atoms. The van der Waals surface area contributed by atoms with E-state index in [1.807, 2.05) is 18.2 Å². The second-order valence-electron chi connectivity index (χ2n) is 5.95. The van der Waals surface area contributed by atoms with Crippen molar-refractivity contribution in [2.75, 3.05) is 0 Å². The number of aliphatic hydroxyl groups excluding tert-OH is 1. The van der Waals surface area contributed by atoms with Crippen molar-refractivity contribution in [3.05, 3.63) is 36.2 Å². The lowest BCUT2D eigenvalue weighted by molar-refractivity contribution is 0.0679. The van der Waals surface area contributed by atoms with E-state index in [1.54, 1.807) is 12.4 Å². The molecule has 3 rings (SSSR count). The highest BCUT2D eigenvalue weighted by Crippen LogP contribution is 2.38. The average molecular weight is 270 g/mol. The molecule has 1 N–H and O–H groups in total. The molecule has 3 atom stereocenters. The largest absolute Gasteiger partial charge is 0.388 e. The van der Waals surface area contributed by atoms with Gasteiger partial charge in [-0.05, 0) is 42.4 Å². The van der Waals surface area contributed by atoms with Crippen LogP contribution in [0.1, 0.15) is 50.7 Å². The maximum atomic E-state index is 10.7. The predicted octanol–water partition coefficient (Wildman–Crippen LogP) is 3.88. The van der Waals surface area contributed by atoms with E-state index in [9.17, 15) is 5.11 Å². The number of aromatic nitrogens is 2. The Morgan fingerprint density at radius 1 is 1.20 bits per heavy atom. The van der Waals surface area contributed by atoms with Gasteiger partial charge < -0.3 is 5.11 Å². The Labute approximate surface area is 120 Å². The first-order valence-corrected chi connectivity index (χ1v) is 7.66. The molecule has 1 heterocycles. The van der Waals surface area contributed by atoms with Crippen LogP contribution in [0.2, 0.25) is 0 Å². The Kier molecular flexibility index (Phi) is 3.97. The molecule has 1 fully saturated rings. The Balaban J connectivity index is 1.82. The van der Waals surface area contributed by atoms with Gasteiger partial charge in [-0.15, -0.1) is 0 Å². The zero-order valence-corrected chi connectivity index (χ0v) is 12.0. The summed E-state index contributed by atoms with van der Waals surface area (Å²) in [5.74, 6) is 1.17. The molecule has 0 saturated heterocycles. The van der Waals surface area contributed by atoms with Gasteiger partial charge in [0.05, 0.1) is 17.1 Å². The summed E-state index contributed by atoms with van der Waals surface area (Å²) in [4.78, 5) is 8.60. The molecular weight excluding hydrogens is 248 g/mol. The summed E-state index contributed by atoms with van der Waals surface area (Å²) in [6, 6.07) is 5.95. The molecule has 0 radical (unpaired) electrons. The second kappa shape index (κ2) is 5.88. The molecule has 0 amide bonds. The van der Waals surface area contributed by atoms with Crippen molar-refractivity contribution in [1.82, 2.24) is 9.97 Å². The molecule has 1 aliphatic rings. The fraction of sp³-hybridized carbons (Fsp3) is 0.529. The van der Waals surface area contributed by atoms with E-state index in [4.69, 9.17) is 0 Å². The summed E-state index contributed by atoms with van der Waals surface area (Å²) < 4.78 is 0. The first kappa shape index (κ1) is 13.5. The molecule has 0 bridgehead atoms. The summed E-state index contributed by atoms with van der Waals surface area (Å²) in [6.45, 7) is 2.26. The second-order valence-corrected chi connectivity index (χ2v) is 5.95. The number of hydrogen-bond acceptors (Lipinski definition) is 3. The van der Waals surface area contributed by atoms with Gasteiger partial charge in [-0.3, -0.25) is 9.97 Å². The maximum absolute atomic E-state index is 10.7. The van der Waals surface area contributed by atoms with Gasteiger partial charge >= 0.3 is 0 Å². The first-order chi connectivity index (χ1) is 9.78. The van der Waals surface area contributed by atoms with Crippen LogP contribution >= 0.6 is 0 Å². The van der Waals surface area contributed by atoms with Crippen LogP contribution in [0.15, 0.2) is 30.6 Å². The zero-order valence-electron chi connectivity index (χ0n) is 12.0. The normalized spacial score (nSPS) is 24.7. The van der Waals surface area contributed by atoms with Crippen molar-refractivity contribution in [2.24, 2.45) is 11.8 Å². The highest BCUT2D eigenvalue weighted by Gasteiger charge is 2.27. The third kappa shape index (κ3) is 2.68. The van der Waals surface area contributed by atoms with Gasteiger partial charge in [0, 0.05) is 12.4 Å². The third-order valence-electron chi connectivity index (χ3n) is 4.68. The van der Waals surface area contributed by atoms with Crippen LogP contribution in [0.25, 0.3) is 11.0 Å². The molecule has 3 unspecified atom stereocenters. The Morgan fingerprint density at radius 3 is 2.80 bits per heavy atom. The fourth-order valence-electron chi connectivity index (χ4n) is 3.43. The average Bonchev–Trinajstić information content (AvgIpc) is 2.53. The van der Waals surface area contributed by atoms with E-state index in [-0.39, 0.29) is 6.10 Å². The molecule has 3 nitrogen and oxygen atoms in total. The molecule has 1 aromatic carbocycles. The standard InChI is InChI=1S/C17H22N2O/c1-2-12-4-3-5-13(10-12)17(20)14-6-7-15-16(11-14)19-9-8-18-15/h6-9,11-13,17,20H,2-5,10H2,1H3. The number of aliphatic hydroxyl groups is 1. The maximum Gasteiger partial charge on any atom is 0.0890 e. The minimum atomic E-state index is -0.365. The van der Waals surface area contributed by atoms with E-state index < -0.39 is 0 Å². The van der Waals surface area contributed by atoms with Crippen molar-refractivity contribution in [3.8, 4) is 0 Å². The summed E-state index contributed by atoms with van der Waals surface area (Å²) in [5, 5.41) is 10.7. The van der Waals surface area contributed by atoms with E-state index >= 15 is 0 Å². The molecule has 0 spiro atoms. The molecule has 3 heteroatoms. The Hall–Kier alpha value is -1.48. The van der Waals surface area contributed by atoms with Crippen molar-refractivity contribution in [3.63, 3.8) is 0 Å². The Morgan fingerprint density at radius 2 is 2.00 bits per heavy atom. The number of benzene rings is 1. The third-order valence-corrected chi connectivity index (χ3v) is 4.68. The van der Waals surface area contributed by atoms with Gasteiger partial charge in [0.1, 0.15) is 0 Å². The molecule has 1 aromatic heterocycles. The lowest BCUT2D eigenvalue weighted by Crippen LogP contribution is -2.21. The minimum absolute atomic E-state index is 0.365. The summed E-state index contributed by atoms with van der Waals surface area (Å²) in [6.07, 6.45) is 9.11. The lowest BCUT2D eigenvalue weighted by atomic mass is 9.76. The topological polar surface area (TPSA) is 46.0 Å². The number of fused-ring (bicyclic) bond motifs is 1. The minimum Gasteiger partial charge on any atom is -0.388 e. The van der Waals surface area contributed by atoms with Crippen molar-refractivity contribution >= 4 is 11.0 Å². The van der Waals surface area contributed by atoms with E-state index in [2.05, 4.69) is 16.9 Å². The van der Waals surface area contributed by atoms with E-state index in [0.29, 0.717) is 5.92 Å². The van der Waals surface area contributed by atoms with Crippen molar-refractivity contribution < 1.29 is 5.11 Å². The molecule has 106 valence electrons. The van der Waals surface area contributed by atoms with Crippen LogP contribution in [-0.2, 0) is 0 Å². The zero-order chi connectivity index (χ0) is 13.9. The van der Waals surface area contributed by atoms with Gasteiger partial charge in [-0.1, -0.05) is 32.3 Å². The smallest absolute Gasteiger partial charge is 0.0890 e. The van der Waals surface area contributed by atoms with Gasteiger partial charge in [0.15, 0.2) is 0 Å². The number of nitrogens with zero attached hydrogens (tertiary/aromatic N) is 2. The van der Waals surface area contributed by atoms with Crippen LogP contribution < -0.4 is 0 Å². The lowest BCUT2D eigenvalue weighted by Gasteiger charge is -2.32. The van der Waals surface area contributed by atoms with Crippen LogP contribution in [0.5, 0.6) is 0 Å². The van der Waals surface area contributed by atoms with Crippen LogP contribution in [0.3, 0.4) is 0 Å². The number of rotatable bonds is 3. The van der Waals surface area contributed by atoms with Gasteiger partial charge in [0.25, 0.3) is 0 Å². The highest BCUT2D eigenvalue weighted by molar-refractivity contribution is 5.74. The van der Waals surface area contributed by atoms with Crippen LogP contribution in [0, 0.1) is 11.8 Å². The van der Waals surface area contributed by atoms with Crippen molar-refractivity contribution in [1.29, 1.82) is 0 Å². The monoisotopic (exact) mass is 270 g/mol. The van der Waals surface area contributed by atoms with Gasteiger partial charge in [-0.25, -0.2) is 0 Å². The number of hydrogen-bond donors (Lipinski definition) is 1. The predicted molar refractivity (Wildman–Crippen MR) is 80.2 cm³/mol. The van der Waals surface area contributed by atoms with Gasteiger partial charge in [0.2, 0.25) is 0 Å². The first-order valence-electron chi connectivity index (χ1n) is 7.66. The molecular formula is C17H22N2O. The molecule has 2 aromatic rings. The summed E-state index contributed by atoms with van der Waals surface area (Å²) in [7, 11) is 0. The summed E-state index contributed by atoms with van der Waals surface area (Å²) in [5.41, 5.74) is 2.74. The Bertz CT molecular complexity index is 584.